The third-order valence-electron chi connectivity index (χ3n) is 4.40. The Morgan fingerprint density at radius 2 is 1.36 bits per heavy atom. The van der Waals surface area contributed by atoms with Crippen LogP contribution < -0.4 is 0 Å². The van der Waals surface area contributed by atoms with Crippen molar-refractivity contribution in [2.45, 2.75) is 19.3 Å². The van der Waals surface area contributed by atoms with Gasteiger partial charge in [0, 0.05) is 11.8 Å². The fraction of sp³-hybridized carbons (Fsp3) is 0.900. The van der Waals surface area contributed by atoms with E-state index < -0.39 is 0 Å². The summed E-state index contributed by atoms with van der Waals surface area (Å²) < 4.78 is 0. The van der Waals surface area contributed by atoms with E-state index in [1.807, 2.05) is 0 Å². The van der Waals surface area contributed by atoms with Gasteiger partial charge in [-0.15, -0.1) is 0 Å². The standard InChI is InChI=1S/C10H12O/c11-10-8-2-6(8)4-1-5(4)7-3-9(7)10/h4-9H,1-3H2. The van der Waals surface area contributed by atoms with Crippen molar-refractivity contribution in [1.29, 1.82) is 0 Å². The van der Waals surface area contributed by atoms with E-state index in [9.17, 15) is 4.79 Å². The molecule has 0 aromatic heterocycles. The predicted molar refractivity (Wildman–Crippen MR) is 39.8 cm³/mol. The molecule has 4 saturated carbocycles. The minimum atomic E-state index is 0.558. The van der Waals surface area contributed by atoms with Crippen molar-refractivity contribution in [2.24, 2.45) is 35.5 Å². The van der Waals surface area contributed by atoms with E-state index in [4.69, 9.17) is 0 Å². The first-order valence-electron chi connectivity index (χ1n) is 4.90. The number of hydrogen-bond acceptors (Lipinski definition) is 1. The van der Waals surface area contributed by atoms with Gasteiger partial charge in [-0.1, -0.05) is 0 Å². The Hall–Kier alpha value is -0.330. The molecule has 1 heteroatoms. The van der Waals surface area contributed by atoms with E-state index in [1.54, 1.807) is 0 Å². The van der Waals surface area contributed by atoms with Crippen LogP contribution in [0.3, 0.4) is 0 Å². The van der Waals surface area contributed by atoms with E-state index in [1.165, 1.54) is 19.3 Å². The minimum Gasteiger partial charge on any atom is -0.299 e. The van der Waals surface area contributed by atoms with Crippen molar-refractivity contribution in [1.82, 2.24) is 0 Å². The quantitative estimate of drug-likeness (QED) is 0.508. The molecule has 11 heavy (non-hydrogen) atoms. The minimum absolute atomic E-state index is 0.558. The van der Waals surface area contributed by atoms with Gasteiger partial charge in [-0.3, -0.25) is 4.79 Å². The highest BCUT2D eigenvalue weighted by Gasteiger charge is 2.68. The maximum Gasteiger partial charge on any atom is 0.139 e. The summed E-state index contributed by atoms with van der Waals surface area (Å²) in [5.74, 6) is 5.56. The van der Waals surface area contributed by atoms with Crippen LogP contribution in [0.4, 0.5) is 0 Å². The SMILES string of the molecule is O=C1C2CC2C2CC2C2CC12. The lowest BCUT2D eigenvalue weighted by atomic mass is 10.1. The van der Waals surface area contributed by atoms with Crippen molar-refractivity contribution >= 4 is 5.78 Å². The van der Waals surface area contributed by atoms with Crippen molar-refractivity contribution in [3.05, 3.63) is 0 Å². The molecule has 0 aromatic rings. The molecule has 0 heterocycles. The van der Waals surface area contributed by atoms with E-state index in [-0.39, 0.29) is 0 Å². The number of carbonyl (C=O) groups is 1. The zero-order valence-electron chi connectivity index (χ0n) is 6.49. The van der Waals surface area contributed by atoms with E-state index >= 15 is 0 Å². The first-order chi connectivity index (χ1) is 5.36. The molecule has 0 bridgehead atoms. The highest BCUT2D eigenvalue weighted by atomic mass is 16.1. The van der Waals surface area contributed by atoms with Gasteiger partial charge in [-0.2, -0.15) is 0 Å². The molecule has 6 atom stereocenters. The third-order valence-corrected chi connectivity index (χ3v) is 4.40. The molecule has 0 aromatic carbocycles. The lowest BCUT2D eigenvalue weighted by Crippen LogP contribution is -2.05. The van der Waals surface area contributed by atoms with Gasteiger partial charge >= 0.3 is 0 Å². The molecule has 0 spiro atoms. The van der Waals surface area contributed by atoms with Crippen LogP contribution in [-0.4, -0.2) is 5.78 Å². The van der Waals surface area contributed by atoms with Gasteiger partial charge in [-0.05, 0) is 42.9 Å². The molecule has 0 aliphatic heterocycles. The summed E-state index contributed by atoms with van der Waals surface area (Å²) in [6, 6.07) is 0. The molecule has 6 unspecified atom stereocenters. The highest BCUT2D eigenvalue weighted by molar-refractivity contribution is 5.89. The Morgan fingerprint density at radius 3 is 1.91 bits per heavy atom. The van der Waals surface area contributed by atoms with E-state index in [0.717, 1.165) is 23.7 Å². The second-order valence-electron chi connectivity index (χ2n) is 4.98. The second-order valence-corrected chi connectivity index (χ2v) is 4.98. The molecule has 4 fully saturated rings. The summed E-state index contributed by atoms with van der Waals surface area (Å²) in [5.41, 5.74) is 0. The lowest BCUT2D eigenvalue weighted by Gasteiger charge is -1.92. The van der Waals surface area contributed by atoms with Gasteiger partial charge in [0.15, 0.2) is 0 Å². The molecule has 0 radical (unpaired) electrons. The fourth-order valence-electron chi connectivity index (χ4n) is 3.53. The monoisotopic (exact) mass is 148 g/mol. The zero-order chi connectivity index (χ0) is 7.16. The van der Waals surface area contributed by atoms with E-state index in [0.29, 0.717) is 17.6 Å². The van der Waals surface area contributed by atoms with Crippen molar-refractivity contribution in [2.75, 3.05) is 0 Å². The van der Waals surface area contributed by atoms with Crippen LogP contribution in [0.2, 0.25) is 0 Å². The molecule has 0 amide bonds. The predicted octanol–water partition coefficient (Wildman–Crippen LogP) is 1.48. The molecule has 58 valence electrons. The van der Waals surface area contributed by atoms with Gasteiger partial charge in [0.05, 0.1) is 0 Å². The molecular weight excluding hydrogens is 136 g/mol. The maximum atomic E-state index is 11.6. The summed E-state index contributed by atoms with van der Waals surface area (Å²) in [7, 11) is 0. The largest absolute Gasteiger partial charge is 0.299 e. The second kappa shape index (κ2) is 1.30. The highest BCUT2D eigenvalue weighted by Crippen LogP contribution is 2.71. The van der Waals surface area contributed by atoms with Crippen molar-refractivity contribution < 1.29 is 4.79 Å². The number of fused-ring (bicyclic) bond motifs is 5. The fourth-order valence-corrected chi connectivity index (χ4v) is 3.53. The summed E-state index contributed by atoms with van der Waals surface area (Å²) in [5, 5.41) is 0. The Kier molecular flexibility index (Phi) is 0.630. The average Bonchev–Trinajstić information content (AvgIpc) is 2.81. The molecule has 4 rings (SSSR count). The molecule has 0 saturated heterocycles. The Labute approximate surface area is 66.2 Å². The molecule has 4 aliphatic carbocycles. The normalized spacial score (nSPS) is 68.9. The first kappa shape index (κ1) is 5.34. The first-order valence-corrected chi connectivity index (χ1v) is 4.90. The van der Waals surface area contributed by atoms with Gasteiger partial charge in [0.25, 0.3) is 0 Å². The van der Waals surface area contributed by atoms with Crippen LogP contribution in [-0.2, 0) is 4.79 Å². The number of ketones is 1. The van der Waals surface area contributed by atoms with Crippen LogP contribution in [0.5, 0.6) is 0 Å². The van der Waals surface area contributed by atoms with Crippen LogP contribution in [0.25, 0.3) is 0 Å². The van der Waals surface area contributed by atoms with Crippen LogP contribution >= 0.6 is 0 Å². The summed E-state index contributed by atoms with van der Waals surface area (Å²) in [6.07, 6.45) is 4.02. The number of carbonyl (C=O) groups excluding carboxylic acids is 1. The Balaban J connectivity index is 1.77. The summed E-state index contributed by atoms with van der Waals surface area (Å²) >= 11 is 0. The topological polar surface area (TPSA) is 17.1 Å². The Morgan fingerprint density at radius 1 is 0.818 bits per heavy atom. The van der Waals surface area contributed by atoms with Gasteiger partial charge in [0.1, 0.15) is 5.78 Å². The van der Waals surface area contributed by atoms with Gasteiger partial charge in [-0.25, -0.2) is 0 Å². The third kappa shape index (κ3) is 0.502. The number of hydrogen-bond donors (Lipinski definition) is 0. The molecule has 4 aliphatic rings. The van der Waals surface area contributed by atoms with Crippen LogP contribution in [0.1, 0.15) is 19.3 Å². The zero-order valence-corrected chi connectivity index (χ0v) is 6.49. The lowest BCUT2D eigenvalue weighted by molar-refractivity contribution is -0.121. The Bertz CT molecular complexity index is 234. The smallest absolute Gasteiger partial charge is 0.139 e. The van der Waals surface area contributed by atoms with Crippen molar-refractivity contribution in [3.8, 4) is 0 Å². The summed E-state index contributed by atoms with van der Waals surface area (Å²) in [4.78, 5) is 11.6. The van der Waals surface area contributed by atoms with Crippen LogP contribution in [0.15, 0.2) is 0 Å². The number of rotatable bonds is 0. The van der Waals surface area contributed by atoms with Gasteiger partial charge < -0.3 is 0 Å². The van der Waals surface area contributed by atoms with Crippen LogP contribution in [0, 0.1) is 35.5 Å². The molecular formula is C10H12O. The van der Waals surface area contributed by atoms with E-state index in [2.05, 4.69) is 0 Å². The van der Waals surface area contributed by atoms with Crippen molar-refractivity contribution in [3.63, 3.8) is 0 Å². The number of Topliss-reactive ketones (excluding diaryl/α,β-unsaturated/α-hetero) is 1. The molecule has 1 nitrogen and oxygen atoms in total. The maximum absolute atomic E-state index is 11.6. The average molecular weight is 148 g/mol. The summed E-state index contributed by atoms with van der Waals surface area (Å²) in [6.45, 7) is 0. The molecule has 0 N–H and O–H groups in total. The van der Waals surface area contributed by atoms with Gasteiger partial charge in [0.2, 0.25) is 0 Å².